The second kappa shape index (κ2) is 15.5. The molecular formula is C23H41IN4O3. The first-order valence-corrected chi connectivity index (χ1v) is 11.3. The molecule has 0 spiro atoms. The summed E-state index contributed by atoms with van der Waals surface area (Å²) >= 11 is 0. The predicted octanol–water partition coefficient (Wildman–Crippen LogP) is 3.69. The molecule has 1 aliphatic heterocycles. The van der Waals surface area contributed by atoms with E-state index in [1.54, 1.807) is 0 Å². The van der Waals surface area contributed by atoms with Crippen LogP contribution < -0.4 is 20.1 Å². The summed E-state index contributed by atoms with van der Waals surface area (Å²) in [5.74, 6) is 2.90. The van der Waals surface area contributed by atoms with Crippen LogP contribution in [0.2, 0.25) is 0 Å². The van der Waals surface area contributed by atoms with Crippen molar-refractivity contribution in [3.05, 3.63) is 23.8 Å². The molecular weight excluding hydrogens is 507 g/mol. The summed E-state index contributed by atoms with van der Waals surface area (Å²) in [6.45, 7) is 18.0. The van der Waals surface area contributed by atoms with Crippen LogP contribution in [0.1, 0.15) is 46.2 Å². The third-order valence-corrected chi connectivity index (χ3v) is 5.00. The predicted molar refractivity (Wildman–Crippen MR) is 138 cm³/mol. The molecule has 2 rings (SSSR count). The molecule has 1 saturated heterocycles. The molecule has 7 nitrogen and oxygen atoms in total. The molecule has 178 valence electrons. The molecule has 1 aliphatic rings. The standard InChI is InChI=1S/C23H40N4O3.HI/c1-6-24-23(25-16-18(4)17-27-11-13-28-14-12-27)26-19(5)20-9-10-21(29-7-2)22(15-20)30-8-3;/h9-10,15,18-19H,6-8,11-14,16-17H2,1-5H3,(H2,24,25,26);1H. The van der Waals surface area contributed by atoms with E-state index in [9.17, 15) is 0 Å². The largest absolute Gasteiger partial charge is 0.490 e. The number of benzene rings is 1. The van der Waals surface area contributed by atoms with Crippen LogP contribution in [0.3, 0.4) is 0 Å². The SMILES string of the molecule is CCNC(=NCC(C)CN1CCOCC1)NC(C)c1ccc(OCC)c(OCC)c1.I. The summed E-state index contributed by atoms with van der Waals surface area (Å²) < 4.78 is 16.9. The normalized spacial score (nSPS) is 16.7. The maximum Gasteiger partial charge on any atom is 0.191 e. The number of guanidine groups is 1. The molecule has 0 bridgehead atoms. The Kier molecular flexibility index (Phi) is 13.9. The van der Waals surface area contributed by atoms with E-state index in [0.29, 0.717) is 19.1 Å². The van der Waals surface area contributed by atoms with Crippen LogP contribution in [0.5, 0.6) is 11.5 Å². The highest BCUT2D eigenvalue weighted by Gasteiger charge is 2.15. The van der Waals surface area contributed by atoms with Gasteiger partial charge in [-0.25, -0.2) is 0 Å². The van der Waals surface area contributed by atoms with Gasteiger partial charge < -0.3 is 24.8 Å². The van der Waals surface area contributed by atoms with E-state index in [1.165, 1.54) is 0 Å². The second-order valence-electron chi connectivity index (χ2n) is 7.68. The average Bonchev–Trinajstić information content (AvgIpc) is 2.74. The highest BCUT2D eigenvalue weighted by molar-refractivity contribution is 14.0. The molecule has 0 radical (unpaired) electrons. The zero-order valence-corrected chi connectivity index (χ0v) is 22.1. The van der Waals surface area contributed by atoms with Gasteiger partial charge in [0.1, 0.15) is 0 Å². The van der Waals surface area contributed by atoms with E-state index in [0.717, 1.165) is 69.0 Å². The van der Waals surface area contributed by atoms with Gasteiger partial charge in [0.2, 0.25) is 0 Å². The van der Waals surface area contributed by atoms with Gasteiger partial charge in [0.25, 0.3) is 0 Å². The van der Waals surface area contributed by atoms with Crippen molar-refractivity contribution >= 4 is 29.9 Å². The third-order valence-electron chi connectivity index (χ3n) is 5.00. The van der Waals surface area contributed by atoms with Gasteiger partial charge in [0, 0.05) is 32.7 Å². The van der Waals surface area contributed by atoms with E-state index in [-0.39, 0.29) is 30.0 Å². The van der Waals surface area contributed by atoms with E-state index in [1.807, 2.05) is 19.9 Å². The van der Waals surface area contributed by atoms with Crippen molar-refractivity contribution in [3.63, 3.8) is 0 Å². The molecule has 0 saturated carbocycles. The van der Waals surface area contributed by atoms with Crippen molar-refractivity contribution in [3.8, 4) is 11.5 Å². The zero-order chi connectivity index (χ0) is 21.8. The average molecular weight is 549 g/mol. The highest BCUT2D eigenvalue weighted by Crippen LogP contribution is 2.30. The number of ether oxygens (including phenoxy) is 3. The van der Waals surface area contributed by atoms with Crippen molar-refractivity contribution in [2.75, 3.05) is 59.2 Å². The van der Waals surface area contributed by atoms with E-state index < -0.39 is 0 Å². The van der Waals surface area contributed by atoms with Crippen molar-refractivity contribution < 1.29 is 14.2 Å². The van der Waals surface area contributed by atoms with Crippen LogP contribution in [0.4, 0.5) is 0 Å². The van der Waals surface area contributed by atoms with Crippen LogP contribution in [0.25, 0.3) is 0 Å². The van der Waals surface area contributed by atoms with Gasteiger partial charge in [-0.3, -0.25) is 9.89 Å². The lowest BCUT2D eigenvalue weighted by molar-refractivity contribution is 0.0323. The minimum absolute atomic E-state index is 0. The molecule has 2 N–H and O–H groups in total. The summed E-state index contributed by atoms with van der Waals surface area (Å²) in [5.41, 5.74) is 1.13. The number of nitrogens with one attached hydrogen (secondary N) is 2. The van der Waals surface area contributed by atoms with Crippen LogP contribution in [-0.4, -0.2) is 70.0 Å². The fourth-order valence-electron chi connectivity index (χ4n) is 3.47. The van der Waals surface area contributed by atoms with E-state index >= 15 is 0 Å². The lowest BCUT2D eigenvalue weighted by atomic mass is 10.1. The summed E-state index contributed by atoms with van der Waals surface area (Å²) in [6.07, 6.45) is 0. The Balaban J connectivity index is 0.00000480. The summed E-state index contributed by atoms with van der Waals surface area (Å²) in [7, 11) is 0. The van der Waals surface area contributed by atoms with Gasteiger partial charge in [0.15, 0.2) is 17.5 Å². The number of nitrogens with zero attached hydrogens (tertiary/aromatic N) is 2. The Morgan fingerprint density at radius 2 is 1.77 bits per heavy atom. The topological polar surface area (TPSA) is 67.4 Å². The Hall–Kier alpha value is -1.26. The smallest absolute Gasteiger partial charge is 0.191 e. The number of halogens is 1. The number of aliphatic imine (C=N–C) groups is 1. The van der Waals surface area contributed by atoms with Crippen LogP contribution in [-0.2, 0) is 4.74 Å². The maximum absolute atomic E-state index is 5.77. The monoisotopic (exact) mass is 548 g/mol. The van der Waals surface area contributed by atoms with Gasteiger partial charge >= 0.3 is 0 Å². The number of hydrogen-bond acceptors (Lipinski definition) is 5. The molecule has 2 unspecified atom stereocenters. The van der Waals surface area contributed by atoms with Gasteiger partial charge in [-0.2, -0.15) is 0 Å². The molecule has 31 heavy (non-hydrogen) atoms. The lowest BCUT2D eigenvalue weighted by Crippen LogP contribution is -2.41. The Morgan fingerprint density at radius 1 is 1.10 bits per heavy atom. The first-order valence-electron chi connectivity index (χ1n) is 11.3. The number of morpholine rings is 1. The quantitative estimate of drug-likeness (QED) is 0.250. The zero-order valence-electron chi connectivity index (χ0n) is 19.8. The molecule has 1 fully saturated rings. The van der Waals surface area contributed by atoms with Gasteiger partial charge in [-0.1, -0.05) is 13.0 Å². The Labute approximate surface area is 205 Å². The van der Waals surface area contributed by atoms with Crippen LogP contribution in [0, 0.1) is 5.92 Å². The Morgan fingerprint density at radius 3 is 2.42 bits per heavy atom. The molecule has 8 heteroatoms. The van der Waals surface area contributed by atoms with Crippen molar-refractivity contribution in [1.82, 2.24) is 15.5 Å². The van der Waals surface area contributed by atoms with Crippen molar-refractivity contribution in [2.24, 2.45) is 10.9 Å². The van der Waals surface area contributed by atoms with Crippen molar-refractivity contribution in [1.29, 1.82) is 0 Å². The molecule has 1 aromatic rings. The van der Waals surface area contributed by atoms with E-state index in [2.05, 4.69) is 48.4 Å². The summed E-state index contributed by atoms with van der Waals surface area (Å²) in [6, 6.07) is 6.20. The second-order valence-corrected chi connectivity index (χ2v) is 7.68. The number of rotatable bonds is 11. The summed E-state index contributed by atoms with van der Waals surface area (Å²) in [4.78, 5) is 7.29. The molecule has 0 aromatic heterocycles. The molecule has 1 aromatic carbocycles. The van der Waals surface area contributed by atoms with Gasteiger partial charge in [-0.05, 0) is 51.3 Å². The first-order chi connectivity index (χ1) is 14.6. The molecule has 0 aliphatic carbocycles. The van der Waals surface area contributed by atoms with Crippen molar-refractivity contribution in [2.45, 2.75) is 40.7 Å². The third kappa shape index (κ3) is 9.82. The minimum Gasteiger partial charge on any atom is -0.490 e. The molecule has 0 amide bonds. The lowest BCUT2D eigenvalue weighted by Gasteiger charge is -2.28. The van der Waals surface area contributed by atoms with Crippen LogP contribution >= 0.6 is 24.0 Å². The molecule has 2 atom stereocenters. The van der Waals surface area contributed by atoms with Gasteiger partial charge in [-0.15, -0.1) is 24.0 Å². The number of hydrogen-bond donors (Lipinski definition) is 2. The van der Waals surface area contributed by atoms with Crippen LogP contribution in [0.15, 0.2) is 23.2 Å². The summed E-state index contributed by atoms with van der Waals surface area (Å²) in [5, 5.41) is 6.89. The minimum atomic E-state index is 0. The highest BCUT2D eigenvalue weighted by atomic mass is 127. The maximum atomic E-state index is 5.77. The van der Waals surface area contributed by atoms with Gasteiger partial charge in [0.05, 0.1) is 32.5 Å². The fourth-order valence-corrected chi connectivity index (χ4v) is 3.47. The fraction of sp³-hybridized carbons (Fsp3) is 0.696. The molecule has 1 heterocycles. The van der Waals surface area contributed by atoms with E-state index in [4.69, 9.17) is 19.2 Å². The first kappa shape index (κ1) is 27.8. The Bertz CT molecular complexity index is 654.